The van der Waals surface area contributed by atoms with E-state index in [1.807, 2.05) is 6.07 Å². The van der Waals surface area contributed by atoms with Crippen LogP contribution in [0.2, 0.25) is 5.02 Å². The SMILES string of the molecule is CCCc1cc([C@H]2CCCN2C(=O)c2c(-c3c(F)cccc3Cl)noc2C)no1. The molecule has 0 unspecified atom stereocenters. The first kappa shape index (κ1) is 19.6. The number of benzene rings is 1. The van der Waals surface area contributed by atoms with Gasteiger partial charge < -0.3 is 13.9 Å². The summed E-state index contributed by atoms with van der Waals surface area (Å²) in [5.41, 5.74) is 1.14. The molecule has 1 saturated heterocycles. The molecule has 8 heteroatoms. The topological polar surface area (TPSA) is 72.4 Å². The number of likely N-dealkylation sites (tertiary alicyclic amines) is 1. The predicted molar refractivity (Wildman–Crippen MR) is 105 cm³/mol. The fourth-order valence-corrected chi connectivity index (χ4v) is 4.08. The maximum absolute atomic E-state index is 14.5. The predicted octanol–water partition coefficient (Wildman–Crippen LogP) is 5.36. The maximum atomic E-state index is 14.5. The molecule has 1 fully saturated rings. The number of halogens is 2. The van der Waals surface area contributed by atoms with Gasteiger partial charge in [0, 0.05) is 19.0 Å². The monoisotopic (exact) mass is 417 g/mol. The van der Waals surface area contributed by atoms with E-state index < -0.39 is 5.82 Å². The molecule has 6 nitrogen and oxygen atoms in total. The maximum Gasteiger partial charge on any atom is 0.260 e. The van der Waals surface area contributed by atoms with Gasteiger partial charge in [-0.1, -0.05) is 34.9 Å². The van der Waals surface area contributed by atoms with Gasteiger partial charge in [0.05, 0.1) is 16.6 Å². The summed E-state index contributed by atoms with van der Waals surface area (Å²) in [4.78, 5) is 15.2. The Morgan fingerprint density at radius 2 is 2.17 bits per heavy atom. The Balaban J connectivity index is 1.70. The molecule has 1 aliphatic rings. The van der Waals surface area contributed by atoms with E-state index in [-0.39, 0.29) is 33.8 Å². The Morgan fingerprint density at radius 1 is 1.34 bits per heavy atom. The van der Waals surface area contributed by atoms with Crippen molar-refractivity contribution in [1.29, 1.82) is 0 Å². The molecule has 3 aromatic rings. The van der Waals surface area contributed by atoms with Crippen molar-refractivity contribution in [3.63, 3.8) is 0 Å². The molecule has 152 valence electrons. The average molecular weight is 418 g/mol. The molecule has 0 saturated carbocycles. The van der Waals surface area contributed by atoms with Crippen molar-refractivity contribution in [2.75, 3.05) is 6.54 Å². The van der Waals surface area contributed by atoms with E-state index in [0.717, 1.165) is 37.1 Å². The minimum absolute atomic E-state index is 0.0665. The van der Waals surface area contributed by atoms with Crippen LogP contribution in [-0.4, -0.2) is 27.7 Å². The zero-order chi connectivity index (χ0) is 20.5. The van der Waals surface area contributed by atoms with Crippen molar-refractivity contribution in [3.05, 3.63) is 57.9 Å². The largest absolute Gasteiger partial charge is 0.361 e. The standard InChI is InChI=1S/C21H21ClFN3O3/c1-3-6-13-11-16(24-29-13)17-9-5-10-26(17)21(27)18-12(2)28-25-20(18)19-14(22)7-4-8-15(19)23/h4,7-8,11,17H,3,5-6,9-10H2,1-2H3/t17-/m1/s1. The van der Waals surface area contributed by atoms with Gasteiger partial charge in [-0.15, -0.1) is 0 Å². The highest BCUT2D eigenvalue weighted by Gasteiger charge is 2.36. The van der Waals surface area contributed by atoms with Gasteiger partial charge in [-0.05, 0) is 38.3 Å². The van der Waals surface area contributed by atoms with E-state index in [2.05, 4.69) is 17.2 Å². The van der Waals surface area contributed by atoms with Crippen molar-refractivity contribution >= 4 is 17.5 Å². The molecule has 1 amide bonds. The second-order valence-electron chi connectivity index (χ2n) is 7.18. The van der Waals surface area contributed by atoms with Gasteiger partial charge in [-0.2, -0.15) is 0 Å². The van der Waals surface area contributed by atoms with E-state index in [0.29, 0.717) is 12.3 Å². The van der Waals surface area contributed by atoms with E-state index in [9.17, 15) is 9.18 Å². The molecule has 4 rings (SSSR count). The lowest BCUT2D eigenvalue weighted by atomic mass is 10.0. The summed E-state index contributed by atoms with van der Waals surface area (Å²) >= 11 is 6.20. The summed E-state index contributed by atoms with van der Waals surface area (Å²) in [7, 11) is 0. The first-order valence-electron chi connectivity index (χ1n) is 9.68. The number of hydrogen-bond acceptors (Lipinski definition) is 5. The fourth-order valence-electron chi connectivity index (χ4n) is 3.83. The van der Waals surface area contributed by atoms with Gasteiger partial charge in [-0.25, -0.2) is 4.39 Å². The first-order valence-corrected chi connectivity index (χ1v) is 10.1. The van der Waals surface area contributed by atoms with Crippen LogP contribution in [0.5, 0.6) is 0 Å². The lowest BCUT2D eigenvalue weighted by Crippen LogP contribution is -2.31. The van der Waals surface area contributed by atoms with Crippen molar-refractivity contribution in [2.45, 2.75) is 45.6 Å². The van der Waals surface area contributed by atoms with Gasteiger partial charge in [0.25, 0.3) is 5.91 Å². The van der Waals surface area contributed by atoms with E-state index in [4.69, 9.17) is 20.6 Å². The third kappa shape index (κ3) is 3.55. The molecule has 29 heavy (non-hydrogen) atoms. The molecular formula is C21H21ClFN3O3. The zero-order valence-corrected chi connectivity index (χ0v) is 17.0. The Labute approximate surface area is 172 Å². The second kappa shape index (κ2) is 7.99. The lowest BCUT2D eigenvalue weighted by Gasteiger charge is -2.23. The fraction of sp³-hybridized carbons (Fsp3) is 0.381. The molecular weight excluding hydrogens is 397 g/mol. The molecule has 0 bridgehead atoms. The molecule has 1 aromatic carbocycles. The number of aromatic nitrogens is 2. The molecule has 0 aliphatic carbocycles. The highest BCUT2D eigenvalue weighted by Crippen LogP contribution is 2.38. The van der Waals surface area contributed by atoms with Crippen LogP contribution in [-0.2, 0) is 6.42 Å². The van der Waals surface area contributed by atoms with Crippen LogP contribution in [0.25, 0.3) is 11.3 Å². The highest BCUT2D eigenvalue weighted by atomic mass is 35.5. The first-order chi connectivity index (χ1) is 14.0. The summed E-state index contributed by atoms with van der Waals surface area (Å²) in [5.74, 6) is 0.294. The van der Waals surface area contributed by atoms with Gasteiger partial charge in [0.1, 0.15) is 34.3 Å². The molecule has 3 heterocycles. The van der Waals surface area contributed by atoms with Crippen LogP contribution >= 0.6 is 11.6 Å². The number of nitrogens with zero attached hydrogens (tertiary/aromatic N) is 3. The highest BCUT2D eigenvalue weighted by molar-refractivity contribution is 6.33. The van der Waals surface area contributed by atoms with Crippen LogP contribution in [0.3, 0.4) is 0 Å². The number of amides is 1. The van der Waals surface area contributed by atoms with Crippen LogP contribution in [0.15, 0.2) is 33.3 Å². The molecule has 1 aliphatic heterocycles. The molecule has 0 N–H and O–H groups in total. The van der Waals surface area contributed by atoms with Crippen molar-refractivity contribution in [1.82, 2.24) is 15.2 Å². The van der Waals surface area contributed by atoms with Crippen molar-refractivity contribution in [2.24, 2.45) is 0 Å². The number of carbonyl (C=O) groups is 1. The Kier molecular flexibility index (Phi) is 5.41. The van der Waals surface area contributed by atoms with E-state index in [1.165, 1.54) is 12.1 Å². The summed E-state index contributed by atoms with van der Waals surface area (Å²) in [5, 5.41) is 8.29. The van der Waals surface area contributed by atoms with E-state index >= 15 is 0 Å². The Hall–Kier alpha value is -2.67. The summed E-state index contributed by atoms with van der Waals surface area (Å²) in [6.07, 6.45) is 3.37. The summed E-state index contributed by atoms with van der Waals surface area (Å²) in [6.45, 7) is 4.27. The minimum Gasteiger partial charge on any atom is -0.361 e. The Morgan fingerprint density at radius 3 is 2.93 bits per heavy atom. The Bertz CT molecular complexity index is 1030. The number of aryl methyl sites for hydroxylation is 2. The number of carbonyl (C=O) groups excluding carboxylic acids is 1. The van der Waals surface area contributed by atoms with Crippen molar-refractivity contribution < 1.29 is 18.2 Å². The van der Waals surface area contributed by atoms with E-state index in [1.54, 1.807) is 17.9 Å². The second-order valence-corrected chi connectivity index (χ2v) is 7.59. The van der Waals surface area contributed by atoms with Crippen LogP contribution in [0.1, 0.15) is 59.8 Å². The van der Waals surface area contributed by atoms with Crippen LogP contribution in [0, 0.1) is 12.7 Å². The third-order valence-electron chi connectivity index (χ3n) is 5.20. The summed E-state index contributed by atoms with van der Waals surface area (Å²) < 4.78 is 25.1. The van der Waals surface area contributed by atoms with Gasteiger partial charge in [0.2, 0.25) is 0 Å². The lowest BCUT2D eigenvalue weighted by molar-refractivity contribution is 0.0729. The minimum atomic E-state index is -0.557. The van der Waals surface area contributed by atoms with Crippen LogP contribution in [0.4, 0.5) is 4.39 Å². The molecule has 2 aromatic heterocycles. The van der Waals surface area contributed by atoms with Crippen LogP contribution < -0.4 is 0 Å². The average Bonchev–Trinajstić information content (AvgIpc) is 3.41. The molecule has 0 radical (unpaired) electrons. The number of rotatable bonds is 5. The van der Waals surface area contributed by atoms with Crippen molar-refractivity contribution in [3.8, 4) is 11.3 Å². The van der Waals surface area contributed by atoms with Gasteiger partial charge in [0.15, 0.2) is 0 Å². The normalized spacial score (nSPS) is 16.6. The third-order valence-corrected chi connectivity index (χ3v) is 5.52. The van der Waals surface area contributed by atoms with Gasteiger partial charge >= 0.3 is 0 Å². The number of hydrogen-bond donors (Lipinski definition) is 0. The molecule has 1 atom stereocenters. The quantitative estimate of drug-likeness (QED) is 0.558. The summed E-state index contributed by atoms with van der Waals surface area (Å²) in [6, 6.07) is 6.05. The molecule has 0 spiro atoms. The van der Waals surface area contributed by atoms with Gasteiger partial charge in [-0.3, -0.25) is 4.79 Å². The smallest absolute Gasteiger partial charge is 0.260 e. The zero-order valence-electron chi connectivity index (χ0n) is 16.2.